The van der Waals surface area contributed by atoms with Gasteiger partial charge in [-0.15, -0.1) is 0 Å². The molecule has 0 fully saturated rings. The van der Waals surface area contributed by atoms with E-state index in [1.165, 1.54) is 57.8 Å². The first-order valence-electron chi connectivity index (χ1n) is 11.4. The van der Waals surface area contributed by atoms with Crippen LogP contribution < -0.4 is 5.19 Å². The van der Waals surface area contributed by atoms with Gasteiger partial charge in [0.25, 0.3) is 0 Å². The zero-order valence-corrected chi connectivity index (χ0v) is 22.4. The molecule has 0 heterocycles. The van der Waals surface area contributed by atoms with Crippen molar-refractivity contribution in [3.05, 3.63) is 42.1 Å². The molecular formula is C24H46Si3. The van der Waals surface area contributed by atoms with Crippen molar-refractivity contribution < 1.29 is 0 Å². The summed E-state index contributed by atoms with van der Waals surface area (Å²) in [4.78, 5) is 0. The Hall–Kier alpha value is -0.389. The lowest BCUT2D eigenvalue weighted by molar-refractivity contribution is 0.577. The Labute approximate surface area is 173 Å². The molecule has 1 aromatic rings. The molecule has 154 valence electrons. The molecule has 0 saturated heterocycles. The molecule has 0 spiro atoms. The maximum atomic E-state index is 2.81. The zero-order valence-electron chi connectivity index (χ0n) is 19.4. The number of benzene rings is 1. The van der Waals surface area contributed by atoms with Gasteiger partial charge in [-0.2, -0.15) is 0 Å². The first-order chi connectivity index (χ1) is 12.7. The molecular weight excluding hydrogens is 373 g/mol. The van der Waals surface area contributed by atoms with E-state index in [0.717, 1.165) is 0 Å². The third-order valence-corrected chi connectivity index (χ3v) is 43.3. The quantitative estimate of drug-likeness (QED) is 0.226. The Morgan fingerprint density at radius 3 is 1.63 bits per heavy atom. The minimum Gasteiger partial charge on any atom is -0.0981 e. The van der Waals surface area contributed by atoms with Gasteiger partial charge in [0.1, 0.15) is 0 Å². The predicted octanol–water partition coefficient (Wildman–Crippen LogP) is 7.80. The molecule has 27 heavy (non-hydrogen) atoms. The monoisotopic (exact) mass is 418 g/mol. The van der Waals surface area contributed by atoms with Crippen molar-refractivity contribution >= 4 is 27.5 Å². The Bertz CT molecular complexity index is 521. The van der Waals surface area contributed by atoms with Gasteiger partial charge in [-0.1, -0.05) is 138 Å². The molecule has 0 saturated carbocycles. The van der Waals surface area contributed by atoms with Crippen molar-refractivity contribution in [3.8, 4) is 0 Å². The van der Waals surface area contributed by atoms with Crippen molar-refractivity contribution in [1.29, 1.82) is 0 Å². The minimum absolute atomic E-state index is 1.28. The molecule has 0 bridgehead atoms. The van der Waals surface area contributed by atoms with Crippen LogP contribution in [0.5, 0.6) is 0 Å². The Morgan fingerprint density at radius 2 is 1.15 bits per heavy atom. The molecule has 0 aliphatic carbocycles. The molecule has 0 nitrogen and oxygen atoms in total. The Morgan fingerprint density at radius 1 is 0.667 bits per heavy atom. The smallest absolute Gasteiger partial charge is 0.0943 e. The average Bonchev–Trinajstić information content (AvgIpc) is 2.58. The molecule has 3 heteroatoms. The highest BCUT2D eigenvalue weighted by atomic mass is 29.6. The summed E-state index contributed by atoms with van der Waals surface area (Å²) in [6.45, 7) is 18.1. The van der Waals surface area contributed by atoms with Crippen molar-refractivity contribution in [2.45, 2.75) is 104 Å². The number of allylic oxidation sites excluding steroid dienone is 1. The fourth-order valence-electron chi connectivity index (χ4n) is 4.94. The van der Waals surface area contributed by atoms with Gasteiger partial charge in [0.15, 0.2) is 0 Å². The summed E-state index contributed by atoms with van der Waals surface area (Å²) in [6, 6.07) is 11.6. The van der Waals surface area contributed by atoms with Crippen LogP contribution in [0.25, 0.3) is 0 Å². The minimum atomic E-state index is -1.57. The van der Waals surface area contributed by atoms with Gasteiger partial charge >= 0.3 is 0 Å². The number of hydrogen-bond donors (Lipinski definition) is 0. The van der Waals surface area contributed by atoms with Crippen LogP contribution in [0, 0.1) is 0 Å². The van der Waals surface area contributed by atoms with Crippen LogP contribution in [0.1, 0.15) is 64.7 Å². The van der Waals surface area contributed by atoms with Crippen molar-refractivity contribution in [3.63, 3.8) is 0 Å². The van der Waals surface area contributed by atoms with E-state index in [4.69, 9.17) is 0 Å². The lowest BCUT2D eigenvalue weighted by atomic mass is 10.1. The topological polar surface area (TPSA) is 0 Å². The summed E-state index contributed by atoms with van der Waals surface area (Å²) in [6.07, 6.45) is 15.2. The van der Waals surface area contributed by atoms with Crippen molar-refractivity contribution in [2.75, 3.05) is 0 Å². The normalized spacial score (nSPS) is 13.4. The highest BCUT2D eigenvalue weighted by Crippen LogP contribution is 2.30. The van der Waals surface area contributed by atoms with E-state index in [1.807, 2.05) is 0 Å². The molecule has 0 radical (unpaired) electrons. The lowest BCUT2D eigenvalue weighted by Crippen LogP contribution is -2.77. The third-order valence-electron chi connectivity index (χ3n) is 6.19. The Balaban J connectivity index is 2.75. The maximum Gasteiger partial charge on any atom is 0.0943 e. The van der Waals surface area contributed by atoms with E-state index in [-0.39, 0.29) is 0 Å². The van der Waals surface area contributed by atoms with Crippen LogP contribution in [0.4, 0.5) is 0 Å². The summed E-state index contributed by atoms with van der Waals surface area (Å²) < 4.78 is 0. The van der Waals surface area contributed by atoms with Crippen molar-refractivity contribution in [2.24, 2.45) is 0 Å². The van der Waals surface area contributed by atoms with E-state index in [9.17, 15) is 0 Å². The van der Waals surface area contributed by atoms with E-state index in [1.54, 1.807) is 5.19 Å². The second-order valence-corrected chi connectivity index (χ2v) is 37.1. The first-order valence-corrected chi connectivity index (χ1v) is 22.5. The fourth-order valence-corrected chi connectivity index (χ4v) is 48.3. The van der Waals surface area contributed by atoms with Crippen LogP contribution in [-0.2, 0) is 0 Å². The number of rotatable bonds is 13. The predicted molar refractivity (Wildman–Crippen MR) is 135 cm³/mol. The Kier molecular flexibility index (Phi) is 10.6. The van der Waals surface area contributed by atoms with Gasteiger partial charge in [-0.25, -0.2) is 0 Å². The van der Waals surface area contributed by atoms with Crippen LogP contribution in [0.3, 0.4) is 0 Å². The molecule has 0 N–H and O–H groups in total. The van der Waals surface area contributed by atoms with Gasteiger partial charge in [0.2, 0.25) is 0 Å². The summed E-state index contributed by atoms with van der Waals surface area (Å²) >= 11 is 0. The molecule has 1 aromatic carbocycles. The van der Waals surface area contributed by atoms with Gasteiger partial charge < -0.3 is 0 Å². The standard InChI is InChI=1S/C24H46Si3/c1-8-9-10-11-12-13-14-15-16-20-23-27(25(2,3)4,26(5,6)7)24-21-18-17-19-22-24/h17-23H,8-16H2,1-7H3/b23-20-. The fraction of sp³-hybridized carbons (Fsp3) is 0.667. The van der Waals surface area contributed by atoms with Gasteiger partial charge in [-0.3, -0.25) is 0 Å². The second-order valence-electron chi connectivity index (χ2n) is 10.3. The van der Waals surface area contributed by atoms with Gasteiger partial charge in [-0.05, 0) is 12.8 Å². The van der Waals surface area contributed by atoms with Crippen LogP contribution >= 0.6 is 0 Å². The SMILES string of the molecule is CCCCCCCCCC/C=C\[Si](c1ccccc1)([Si](C)(C)C)[Si](C)(C)C. The van der Waals surface area contributed by atoms with Gasteiger partial charge in [0, 0.05) is 15.2 Å². The molecule has 0 amide bonds. The number of unbranched alkanes of at least 4 members (excludes halogenated alkanes) is 8. The van der Waals surface area contributed by atoms with Gasteiger partial charge in [0.05, 0.1) is 7.11 Å². The summed E-state index contributed by atoms with van der Waals surface area (Å²) in [5.41, 5.74) is 2.81. The summed E-state index contributed by atoms with van der Waals surface area (Å²) in [5.74, 6) is 0. The van der Waals surface area contributed by atoms with Crippen molar-refractivity contribution in [1.82, 2.24) is 0 Å². The summed E-state index contributed by atoms with van der Waals surface area (Å²) in [7, 11) is -4.15. The molecule has 0 unspecified atom stereocenters. The van der Waals surface area contributed by atoms with E-state index in [0.29, 0.717) is 0 Å². The summed E-state index contributed by atoms with van der Waals surface area (Å²) in [5, 5.41) is 1.70. The molecule has 0 aromatic heterocycles. The highest BCUT2D eigenvalue weighted by Gasteiger charge is 2.53. The number of hydrogen-bond acceptors (Lipinski definition) is 0. The maximum absolute atomic E-state index is 2.81. The van der Waals surface area contributed by atoms with Crippen LogP contribution in [-0.4, -0.2) is 22.3 Å². The first kappa shape index (κ1) is 24.6. The average molecular weight is 419 g/mol. The molecule has 0 aliphatic heterocycles. The highest BCUT2D eigenvalue weighted by molar-refractivity contribution is 7.74. The van der Waals surface area contributed by atoms with E-state index < -0.39 is 22.3 Å². The van der Waals surface area contributed by atoms with Crippen LogP contribution in [0.15, 0.2) is 42.1 Å². The third kappa shape index (κ3) is 7.17. The second kappa shape index (κ2) is 11.6. The molecule has 0 atom stereocenters. The van der Waals surface area contributed by atoms with E-state index in [2.05, 4.69) is 88.3 Å². The molecule has 1 rings (SSSR count). The zero-order chi connectivity index (χ0) is 20.4. The lowest BCUT2D eigenvalue weighted by Gasteiger charge is -2.49. The molecule has 0 aliphatic rings. The largest absolute Gasteiger partial charge is 0.0981 e. The van der Waals surface area contributed by atoms with Crippen LogP contribution in [0.2, 0.25) is 39.3 Å². The van der Waals surface area contributed by atoms with E-state index >= 15 is 0 Å².